The number of nitrogens with zero attached hydrogens (tertiary/aromatic N) is 2. The van der Waals surface area contributed by atoms with E-state index in [1.807, 2.05) is 0 Å². The first kappa shape index (κ1) is 13.9. The molecule has 86 valence electrons. The van der Waals surface area contributed by atoms with Gasteiger partial charge in [0.1, 0.15) is 5.54 Å². The van der Waals surface area contributed by atoms with Gasteiger partial charge < -0.3 is 5.11 Å². The van der Waals surface area contributed by atoms with Gasteiger partial charge in [-0.3, -0.25) is 4.79 Å². The van der Waals surface area contributed by atoms with E-state index in [9.17, 15) is 13.2 Å². The Bertz CT molecular complexity index is 380. The summed E-state index contributed by atoms with van der Waals surface area (Å²) in [5, 5.41) is 17.3. The van der Waals surface area contributed by atoms with Gasteiger partial charge in [-0.25, -0.2) is 8.42 Å². The van der Waals surface area contributed by atoms with Gasteiger partial charge in [-0.05, 0) is 13.8 Å². The van der Waals surface area contributed by atoms with Crippen LogP contribution in [0.2, 0.25) is 0 Å². The SMILES string of the molecule is CC(C)(C(=O)O)N(CCC#N)S(C)(=O)=O. The summed E-state index contributed by atoms with van der Waals surface area (Å²) in [5.41, 5.74) is -1.54. The van der Waals surface area contributed by atoms with Crippen LogP contribution >= 0.6 is 0 Å². The highest BCUT2D eigenvalue weighted by Crippen LogP contribution is 2.18. The van der Waals surface area contributed by atoms with Gasteiger partial charge in [-0.15, -0.1) is 0 Å². The van der Waals surface area contributed by atoms with Crippen molar-refractivity contribution in [3.8, 4) is 6.07 Å². The molecule has 0 bridgehead atoms. The lowest BCUT2D eigenvalue weighted by Gasteiger charge is -2.32. The first-order valence-corrected chi connectivity index (χ1v) is 6.07. The van der Waals surface area contributed by atoms with Crippen LogP contribution in [-0.4, -0.2) is 42.1 Å². The zero-order valence-electron chi connectivity index (χ0n) is 8.89. The van der Waals surface area contributed by atoms with Crippen LogP contribution in [0.15, 0.2) is 0 Å². The van der Waals surface area contributed by atoms with E-state index in [1.165, 1.54) is 13.8 Å². The van der Waals surface area contributed by atoms with Crippen molar-refractivity contribution in [2.75, 3.05) is 12.8 Å². The summed E-state index contributed by atoms with van der Waals surface area (Å²) in [7, 11) is -3.64. The third kappa shape index (κ3) is 3.49. The monoisotopic (exact) mass is 234 g/mol. The summed E-state index contributed by atoms with van der Waals surface area (Å²) in [5.74, 6) is -1.24. The van der Waals surface area contributed by atoms with Crippen LogP contribution in [0.5, 0.6) is 0 Å². The standard InChI is InChI=1S/C8H14N2O4S/c1-8(2,7(11)12)10(6-4-5-9)15(3,13)14/h4,6H2,1-3H3,(H,11,12). The van der Waals surface area contributed by atoms with E-state index in [1.54, 1.807) is 6.07 Å². The van der Waals surface area contributed by atoms with Gasteiger partial charge in [0.15, 0.2) is 0 Å². The van der Waals surface area contributed by atoms with Crippen LogP contribution in [0.4, 0.5) is 0 Å². The van der Waals surface area contributed by atoms with E-state index in [2.05, 4.69) is 0 Å². The van der Waals surface area contributed by atoms with Crippen LogP contribution in [0.1, 0.15) is 20.3 Å². The average Bonchev–Trinajstić information content (AvgIpc) is 2.01. The fourth-order valence-electron chi connectivity index (χ4n) is 1.12. The van der Waals surface area contributed by atoms with Gasteiger partial charge in [0.25, 0.3) is 0 Å². The number of aliphatic carboxylic acids is 1. The molecule has 0 aliphatic carbocycles. The second kappa shape index (κ2) is 4.59. The Balaban J connectivity index is 5.14. The molecule has 0 radical (unpaired) electrons. The van der Waals surface area contributed by atoms with Gasteiger partial charge in [0, 0.05) is 13.0 Å². The van der Waals surface area contributed by atoms with E-state index >= 15 is 0 Å². The topological polar surface area (TPSA) is 98.5 Å². The van der Waals surface area contributed by atoms with Crippen molar-refractivity contribution in [2.24, 2.45) is 0 Å². The molecule has 7 heteroatoms. The number of carboxylic acid groups (broad SMARTS) is 1. The number of hydrogen-bond donors (Lipinski definition) is 1. The van der Waals surface area contributed by atoms with Gasteiger partial charge in [-0.2, -0.15) is 9.57 Å². The van der Waals surface area contributed by atoms with Crippen molar-refractivity contribution in [3.63, 3.8) is 0 Å². The molecule has 0 unspecified atom stereocenters. The zero-order valence-corrected chi connectivity index (χ0v) is 9.71. The van der Waals surface area contributed by atoms with E-state index in [0.29, 0.717) is 0 Å². The Morgan fingerprint density at radius 1 is 1.53 bits per heavy atom. The summed E-state index contributed by atoms with van der Waals surface area (Å²) in [6.07, 6.45) is 0.888. The minimum absolute atomic E-state index is 0.0379. The lowest BCUT2D eigenvalue weighted by atomic mass is 10.1. The smallest absolute Gasteiger partial charge is 0.324 e. The van der Waals surface area contributed by atoms with Gasteiger partial charge in [0.2, 0.25) is 10.0 Å². The second-order valence-electron chi connectivity index (χ2n) is 3.61. The predicted molar refractivity (Wildman–Crippen MR) is 53.5 cm³/mol. The number of carboxylic acids is 1. The minimum Gasteiger partial charge on any atom is -0.480 e. The average molecular weight is 234 g/mol. The molecule has 0 amide bonds. The first-order valence-electron chi connectivity index (χ1n) is 4.22. The number of sulfonamides is 1. The Morgan fingerprint density at radius 3 is 2.27 bits per heavy atom. The van der Waals surface area contributed by atoms with E-state index in [-0.39, 0.29) is 13.0 Å². The van der Waals surface area contributed by atoms with Gasteiger partial charge in [0.05, 0.1) is 12.3 Å². The molecule has 0 rings (SSSR count). The fourth-order valence-corrected chi connectivity index (χ4v) is 2.45. The summed E-state index contributed by atoms with van der Waals surface area (Å²) in [4.78, 5) is 10.9. The molecule has 0 spiro atoms. The maximum atomic E-state index is 11.3. The normalized spacial score (nSPS) is 12.5. The Morgan fingerprint density at radius 2 is 2.00 bits per heavy atom. The Labute approximate surface area is 89.2 Å². The molecule has 0 saturated carbocycles. The van der Waals surface area contributed by atoms with E-state index < -0.39 is 21.5 Å². The quantitative estimate of drug-likeness (QED) is 0.723. The predicted octanol–water partition coefficient (Wildman–Crippen LogP) is 0.0249. The largest absolute Gasteiger partial charge is 0.480 e. The van der Waals surface area contributed by atoms with E-state index in [4.69, 9.17) is 10.4 Å². The summed E-state index contributed by atoms with van der Waals surface area (Å²) in [6.45, 7) is 2.45. The molecular formula is C8H14N2O4S. The van der Waals surface area contributed by atoms with E-state index in [0.717, 1.165) is 10.6 Å². The fraction of sp³-hybridized carbons (Fsp3) is 0.750. The lowest BCUT2D eigenvalue weighted by molar-refractivity contribution is -0.146. The third-order valence-corrected chi connectivity index (χ3v) is 3.41. The molecule has 1 N–H and O–H groups in total. The number of rotatable bonds is 5. The molecule has 6 nitrogen and oxygen atoms in total. The van der Waals surface area contributed by atoms with Crippen molar-refractivity contribution in [1.29, 1.82) is 5.26 Å². The van der Waals surface area contributed by atoms with Crippen molar-refractivity contribution in [2.45, 2.75) is 25.8 Å². The van der Waals surface area contributed by atoms with Crippen LogP contribution in [0.25, 0.3) is 0 Å². The highest BCUT2D eigenvalue weighted by molar-refractivity contribution is 7.88. The minimum atomic E-state index is -3.64. The molecule has 0 saturated heterocycles. The van der Waals surface area contributed by atoms with Crippen molar-refractivity contribution in [1.82, 2.24) is 4.31 Å². The second-order valence-corrected chi connectivity index (χ2v) is 5.51. The van der Waals surface area contributed by atoms with Crippen molar-refractivity contribution in [3.05, 3.63) is 0 Å². The summed E-state index contributed by atoms with van der Waals surface area (Å²) < 4.78 is 23.5. The molecule has 0 aliphatic heterocycles. The Hall–Kier alpha value is -1.13. The summed E-state index contributed by atoms with van der Waals surface area (Å²) >= 11 is 0. The van der Waals surface area contributed by atoms with Crippen LogP contribution in [0, 0.1) is 11.3 Å². The number of hydrogen-bond acceptors (Lipinski definition) is 4. The lowest BCUT2D eigenvalue weighted by Crippen LogP contribution is -2.52. The molecule has 0 fully saturated rings. The summed E-state index contributed by atoms with van der Waals surface area (Å²) in [6, 6.07) is 1.78. The number of nitriles is 1. The maximum absolute atomic E-state index is 11.3. The van der Waals surface area contributed by atoms with Crippen LogP contribution < -0.4 is 0 Å². The highest BCUT2D eigenvalue weighted by Gasteiger charge is 2.39. The Kier molecular flexibility index (Phi) is 4.25. The third-order valence-electron chi connectivity index (χ3n) is 1.97. The molecule has 0 heterocycles. The van der Waals surface area contributed by atoms with Crippen molar-refractivity contribution < 1.29 is 18.3 Å². The number of carbonyl (C=O) groups is 1. The van der Waals surface area contributed by atoms with Crippen LogP contribution in [-0.2, 0) is 14.8 Å². The zero-order chi connectivity index (χ0) is 12.3. The highest BCUT2D eigenvalue weighted by atomic mass is 32.2. The molecule has 0 aromatic carbocycles. The van der Waals surface area contributed by atoms with Gasteiger partial charge in [-0.1, -0.05) is 0 Å². The molecule has 0 aliphatic rings. The first-order chi connectivity index (χ1) is 6.64. The van der Waals surface area contributed by atoms with Crippen LogP contribution in [0.3, 0.4) is 0 Å². The maximum Gasteiger partial charge on any atom is 0.324 e. The molecule has 0 aromatic rings. The molecular weight excluding hydrogens is 220 g/mol. The molecule has 15 heavy (non-hydrogen) atoms. The molecule has 0 atom stereocenters. The van der Waals surface area contributed by atoms with Crippen molar-refractivity contribution >= 4 is 16.0 Å². The molecule has 0 aromatic heterocycles. The van der Waals surface area contributed by atoms with Gasteiger partial charge >= 0.3 is 5.97 Å².